The highest BCUT2D eigenvalue weighted by Crippen LogP contribution is 2.45. The first kappa shape index (κ1) is 44.1. The van der Waals surface area contributed by atoms with E-state index in [9.17, 15) is 18.4 Å². The molecule has 64 heavy (non-hydrogen) atoms. The fourth-order valence-corrected chi connectivity index (χ4v) is 8.38. The molecule has 0 bridgehead atoms. The van der Waals surface area contributed by atoms with E-state index < -0.39 is 35.3 Å². The van der Waals surface area contributed by atoms with Crippen LogP contribution in [0.25, 0.3) is 22.3 Å². The van der Waals surface area contributed by atoms with Crippen LogP contribution in [0.15, 0.2) is 91.6 Å². The van der Waals surface area contributed by atoms with Crippen LogP contribution in [0, 0.1) is 11.6 Å². The SMILES string of the molecule is CC(C)c1ncc(C(=O)Nc2c(-c3ccccc3F)cc(CC(C)c3ncc(C(=O)Nc4c(-c5ccccc5F)ccnc4C4CCCOC4)cn3)nc2C2CCC(F)(F)CC2)cn1. The van der Waals surface area contributed by atoms with E-state index in [0.717, 1.165) is 12.8 Å². The van der Waals surface area contributed by atoms with Crippen molar-refractivity contribution in [2.24, 2.45) is 0 Å². The number of carbonyl (C=O) groups is 2. The Hall–Kier alpha value is -6.48. The van der Waals surface area contributed by atoms with Crippen molar-refractivity contribution >= 4 is 23.2 Å². The molecule has 1 saturated carbocycles. The van der Waals surface area contributed by atoms with Gasteiger partial charge in [0.25, 0.3) is 11.8 Å². The number of carbonyl (C=O) groups excluding carboxylic acids is 2. The average Bonchev–Trinajstić information content (AvgIpc) is 3.30. The van der Waals surface area contributed by atoms with E-state index in [4.69, 9.17) is 9.72 Å². The number of amides is 2. The van der Waals surface area contributed by atoms with Crippen LogP contribution in [0.5, 0.6) is 0 Å². The molecule has 2 aromatic carbocycles. The average molecular weight is 873 g/mol. The van der Waals surface area contributed by atoms with Crippen molar-refractivity contribution in [3.05, 3.63) is 143 Å². The maximum absolute atomic E-state index is 15.7. The minimum atomic E-state index is -2.83. The van der Waals surface area contributed by atoms with Gasteiger partial charge >= 0.3 is 0 Å². The number of halogens is 4. The third-order valence-electron chi connectivity index (χ3n) is 11.9. The predicted molar refractivity (Wildman–Crippen MR) is 234 cm³/mol. The summed E-state index contributed by atoms with van der Waals surface area (Å²) in [6, 6.07) is 15.9. The topological polar surface area (TPSA) is 145 Å². The maximum Gasteiger partial charge on any atom is 0.258 e. The van der Waals surface area contributed by atoms with Gasteiger partial charge in [-0.2, -0.15) is 0 Å². The number of hydrogen-bond acceptors (Lipinski definition) is 9. The van der Waals surface area contributed by atoms with E-state index in [1.165, 1.54) is 36.9 Å². The maximum atomic E-state index is 15.7. The van der Waals surface area contributed by atoms with Crippen molar-refractivity contribution in [3.63, 3.8) is 0 Å². The molecule has 2 atom stereocenters. The fourth-order valence-electron chi connectivity index (χ4n) is 8.38. The number of anilines is 2. The van der Waals surface area contributed by atoms with Gasteiger partial charge in [-0.25, -0.2) is 37.5 Å². The minimum absolute atomic E-state index is 0.0394. The van der Waals surface area contributed by atoms with Crippen LogP contribution < -0.4 is 10.6 Å². The van der Waals surface area contributed by atoms with Crippen LogP contribution in [0.1, 0.15) is 132 Å². The summed E-state index contributed by atoms with van der Waals surface area (Å²) in [7, 11) is 0. The van der Waals surface area contributed by atoms with E-state index in [0.29, 0.717) is 64.3 Å². The summed E-state index contributed by atoms with van der Waals surface area (Å²) < 4.78 is 65.7. The molecule has 2 N–H and O–H groups in total. The number of ether oxygens (including phenoxy) is 1. The third kappa shape index (κ3) is 9.84. The zero-order valence-corrected chi connectivity index (χ0v) is 35.8. The smallest absolute Gasteiger partial charge is 0.258 e. The summed E-state index contributed by atoms with van der Waals surface area (Å²) in [6.07, 6.45) is 8.64. The summed E-state index contributed by atoms with van der Waals surface area (Å²) in [4.78, 5) is 55.1. The van der Waals surface area contributed by atoms with Crippen molar-refractivity contribution in [2.75, 3.05) is 23.8 Å². The lowest BCUT2D eigenvalue weighted by Crippen LogP contribution is -2.25. The van der Waals surface area contributed by atoms with Gasteiger partial charge in [0.15, 0.2) is 0 Å². The number of pyridine rings is 2. The molecule has 6 aromatic rings. The first-order valence-electron chi connectivity index (χ1n) is 21.6. The molecule has 4 aromatic heterocycles. The quantitative estimate of drug-likeness (QED) is 0.115. The molecule has 0 spiro atoms. The van der Waals surface area contributed by atoms with Crippen LogP contribution >= 0.6 is 0 Å². The summed E-state index contributed by atoms with van der Waals surface area (Å²) in [5.74, 6) is -4.85. The number of hydrogen-bond donors (Lipinski definition) is 2. The van der Waals surface area contributed by atoms with Crippen LogP contribution in [0.2, 0.25) is 0 Å². The summed E-state index contributed by atoms with van der Waals surface area (Å²) >= 11 is 0. The summed E-state index contributed by atoms with van der Waals surface area (Å²) in [5, 5.41) is 5.93. The highest BCUT2D eigenvalue weighted by atomic mass is 19.3. The Bertz CT molecular complexity index is 2630. The Kier molecular flexibility index (Phi) is 13.2. The molecule has 2 aliphatic rings. The highest BCUT2D eigenvalue weighted by Gasteiger charge is 2.38. The van der Waals surface area contributed by atoms with E-state index in [-0.39, 0.29) is 72.2 Å². The molecule has 15 heteroatoms. The number of nitrogens with zero attached hydrogens (tertiary/aromatic N) is 6. The van der Waals surface area contributed by atoms with Crippen LogP contribution in [-0.2, 0) is 11.2 Å². The number of nitrogens with one attached hydrogen (secondary N) is 2. The van der Waals surface area contributed by atoms with Gasteiger partial charge in [-0.3, -0.25) is 19.6 Å². The Morgan fingerprint density at radius 1 is 0.703 bits per heavy atom. The van der Waals surface area contributed by atoms with Crippen LogP contribution in [0.3, 0.4) is 0 Å². The second kappa shape index (κ2) is 19.1. The van der Waals surface area contributed by atoms with Crippen molar-refractivity contribution in [3.8, 4) is 22.3 Å². The molecular weight excluding hydrogens is 825 g/mol. The molecule has 5 heterocycles. The summed E-state index contributed by atoms with van der Waals surface area (Å²) in [5.41, 5.74) is 3.76. The Balaban J connectivity index is 1.10. The van der Waals surface area contributed by atoms with E-state index in [1.807, 2.05) is 20.8 Å². The molecular formula is C49H48F4N8O3. The van der Waals surface area contributed by atoms with Crippen molar-refractivity contribution < 1.29 is 31.9 Å². The van der Waals surface area contributed by atoms with E-state index in [2.05, 4.69) is 35.6 Å². The van der Waals surface area contributed by atoms with Gasteiger partial charge in [0.1, 0.15) is 23.3 Å². The number of benzene rings is 2. The Labute approximate surface area is 368 Å². The van der Waals surface area contributed by atoms with Crippen LogP contribution in [-0.4, -0.2) is 60.9 Å². The minimum Gasteiger partial charge on any atom is -0.381 e. The molecule has 330 valence electrons. The highest BCUT2D eigenvalue weighted by molar-refractivity contribution is 6.07. The number of rotatable bonds is 12. The molecule has 11 nitrogen and oxygen atoms in total. The van der Waals surface area contributed by atoms with Gasteiger partial charge in [-0.05, 0) is 56.4 Å². The molecule has 1 aliphatic carbocycles. The molecule has 2 amide bonds. The predicted octanol–water partition coefficient (Wildman–Crippen LogP) is 10.8. The largest absolute Gasteiger partial charge is 0.381 e. The first-order valence-corrected chi connectivity index (χ1v) is 21.6. The van der Waals surface area contributed by atoms with Crippen molar-refractivity contribution in [1.82, 2.24) is 29.9 Å². The number of alkyl halides is 2. The third-order valence-corrected chi connectivity index (χ3v) is 11.9. The second-order valence-electron chi connectivity index (χ2n) is 16.9. The van der Waals surface area contributed by atoms with Crippen LogP contribution in [0.4, 0.5) is 28.9 Å². The van der Waals surface area contributed by atoms with Crippen molar-refractivity contribution in [1.29, 1.82) is 0 Å². The van der Waals surface area contributed by atoms with Gasteiger partial charge in [0.05, 0.1) is 40.5 Å². The zero-order valence-electron chi connectivity index (χ0n) is 35.8. The molecule has 1 saturated heterocycles. The van der Waals surface area contributed by atoms with Gasteiger partial charge < -0.3 is 15.4 Å². The van der Waals surface area contributed by atoms with Gasteiger partial charge in [-0.15, -0.1) is 0 Å². The molecule has 2 unspecified atom stereocenters. The van der Waals surface area contributed by atoms with E-state index >= 15 is 8.78 Å². The normalized spacial score (nSPS) is 16.9. The zero-order chi connectivity index (χ0) is 45.0. The van der Waals surface area contributed by atoms with Crippen molar-refractivity contribution in [2.45, 2.75) is 95.3 Å². The van der Waals surface area contributed by atoms with Gasteiger partial charge in [0, 0.05) is 102 Å². The lowest BCUT2D eigenvalue weighted by molar-refractivity contribution is -0.0384. The Morgan fingerprint density at radius 2 is 1.27 bits per heavy atom. The number of aromatic nitrogens is 6. The lowest BCUT2D eigenvalue weighted by Gasteiger charge is -2.30. The molecule has 8 rings (SSSR count). The molecule has 0 radical (unpaired) electrons. The first-order chi connectivity index (χ1) is 30.8. The van der Waals surface area contributed by atoms with E-state index in [1.54, 1.807) is 54.7 Å². The second-order valence-corrected chi connectivity index (χ2v) is 16.9. The molecule has 1 aliphatic heterocycles. The van der Waals surface area contributed by atoms with Gasteiger partial charge in [0.2, 0.25) is 5.92 Å². The summed E-state index contributed by atoms with van der Waals surface area (Å²) in [6.45, 7) is 6.80. The standard InChI is InChI=1S/C49H48F4N8O3/c1-28(2)45-55-23-32(24-56-45)48(63)61-44-38(36-11-5-7-13-40(36)51)22-34(59-42(44)30-14-17-49(52,53)18-15-30)21-29(3)46-57-25-33(26-58-46)47(62)60-43-37(35-10-4-6-12-39(35)50)16-19-54-41(43)31-9-8-20-64-27-31/h4-7,10-13,16,19,22-26,28-31H,8-9,14-15,17-18,20-21,27H2,1-3H3,(H,60,62)(H,61,63). The fraction of sp³-hybridized carbons (Fsp3) is 0.347. The molecule has 2 fully saturated rings. The monoisotopic (exact) mass is 872 g/mol. The Morgan fingerprint density at radius 3 is 1.83 bits per heavy atom. The lowest BCUT2D eigenvalue weighted by atomic mass is 9.82. The van der Waals surface area contributed by atoms with Gasteiger partial charge in [-0.1, -0.05) is 57.2 Å².